The third-order valence-electron chi connectivity index (χ3n) is 6.02. The highest BCUT2D eigenvalue weighted by atomic mass is 16.6. The molecule has 2 fully saturated rings. The number of amides is 2. The molecule has 1 aromatic carbocycles. The average molecular weight is 371 g/mol. The Bertz CT molecular complexity index is 925. The highest BCUT2D eigenvalue weighted by Crippen LogP contribution is 2.35. The molecule has 4 rings (SSSR count). The topological polar surface area (TPSA) is 64.0 Å². The van der Waals surface area contributed by atoms with E-state index in [0.717, 1.165) is 27.9 Å². The van der Waals surface area contributed by atoms with Crippen LogP contribution in [0.5, 0.6) is 5.75 Å². The maximum absolute atomic E-state index is 13.3. The lowest BCUT2D eigenvalue weighted by Gasteiger charge is -2.37. The zero-order valence-corrected chi connectivity index (χ0v) is 16.2. The summed E-state index contributed by atoms with van der Waals surface area (Å²) in [5.41, 5.74) is 2.23. The van der Waals surface area contributed by atoms with E-state index in [9.17, 15) is 9.59 Å². The third kappa shape index (κ3) is 2.72. The van der Waals surface area contributed by atoms with E-state index in [0.29, 0.717) is 32.5 Å². The van der Waals surface area contributed by atoms with Gasteiger partial charge in [-0.3, -0.25) is 4.79 Å². The molecule has 0 saturated carbocycles. The molecule has 2 aliphatic heterocycles. The van der Waals surface area contributed by atoms with Crippen LogP contribution in [0.15, 0.2) is 18.2 Å². The predicted molar refractivity (Wildman–Crippen MR) is 101 cm³/mol. The number of likely N-dealkylation sites (N-methyl/N-ethyl adjacent to an activating group) is 1. The van der Waals surface area contributed by atoms with Crippen LogP contribution in [0.1, 0.15) is 28.9 Å². The number of carbonyl (C=O) groups excluding carboxylic acids is 2. The van der Waals surface area contributed by atoms with Crippen molar-refractivity contribution in [3.63, 3.8) is 0 Å². The van der Waals surface area contributed by atoms with Crippen LogP contribution in [0.3, 0.4) is 0 Å². The van der Waals surface area contributed by atoms with E-state index in [2.05, 4.69) is 0 Å². The minimum atomic E-state index is -0.445. The van der Waals surface area contributed by atoms with Gasteiger partial charge in [-0.15, -0.1) is 0 Å². The fraction of sp³-hybridized carbons (Fsp3) is 0.500. The number of piperidine rings is 1. The van der Waals surface area contributed by atoms with Crippen LogP contribution >= 0.6 is 0 Å². The molecule has 0 bridgehead atoms. The van der Waals surface area contributed by atoms with Gasteiger partial charge >= 0.3 is 6.09 Å². The van der Waals surface area contributed by atoms with Crippen LogP contribution in [-0.2, 0) is 11.8 Å². The lowest BCUT2D eigenvalue weighted by Crippen LogP contribution is -2.48. The number of nitrogens with zero attached hydrogens (tertiary/aromatic N) is 3. The molecular formula is C20H25N3O4. The van der Waals surface area contributed by atoms with Gasteiger partial charge in [0.15, 0.2) is 0 Å². The van der Waals surface area contributed by atoms with Gasteiger partial charge in [0.25, 0.3) is 5.91 Å². The monoisotopic (exact) mass is 371 g/mol. The van der Waals surface area contributed by atoms with Gasteiger partial charge in [-0.2, -0.15) is 0 Å². The largest absolute Gasteiger partial charge is 0.497 e. The summed E-state index contributed by atoms with van der Waals surface area (Å²) in [6.07, 6.45) is 1.07. The maximum atomic E-state index is 13.3. The van der Waals surface area contributed by atoms with Crippen molar-refractivity contribution in [3.8, 4) is 5.75 Å². The quantitative estimate of drug-likeness (QED) is 0.814. The zero-order chi connectivity index (χ0) is 19.3. The number of likely N-dealkylation sites (tertiary alicyclic amines) is 1. The van der Waals surface area contributed by atoms with E-state index in [1.54, 1.807) is 19.1 Å². The molecule has 1 spiro atoms. The van der Waals surface area contributed by atoms with Crippen molar-refractivity contribution in [2.45, 2.75) is 25.4 Å². The number of fused-ring (bicyclic) bond motifs is 1. The van der Waals surface area contributed by atoms with Gasteiger partial charge in [0, 0.05) is 56.6 Å². The van der Waals surface area contributed by atoms with Gasteiger partial charge in [0.2, 0.25) is 0 Å². The SMILES string of the molecule is COc1ccc2c(c1)c(C(=O)N1CCC3(CC1)CN(C)C(=O)O3)c(C)n2C. The Morgan fingerprint density at radius 1 is 1.22 bits per heavy atom. The van der Waals surface area contributed by atoms with Crippen LogP contribution in [-0.4, -0.2) is 65.8 Å². The van der Waals surface area contributed by atoms with E-state index >= 15 is 0 Å². The molecule has 7 nitrogen and oxygen atoms in total. The van der Waals surface area contributed by atoms with E-state index in [1.807, 2.05) is 41.6 Å². The molecule has 27 heavy (non-hydrogen) atoms. The Kier molecular flexibility index (Phi) is 4.05. The normalized spacial score (nSPS) is 19.0. The number of ether oxygens (including phenoxy) is 2. The molecule has 0 N–H and O–H groups in total. The van der Waals surface area contributed by atoms with Crippen molar-refractivity contribution < 1.29 is 19.1 Å². The molecule has 3 heterocycles. The summed E-state index contributed by atoms with van der Waals surface area (Å²) in [5.74, 6) is 0.763. The molecule has 2 aliphatic rings. The van der Waals surface area contributed by atoms with Gasteiger partial charge in [-0.25, -0.2) is 4.79 Å². The fourth-order valence-electron chi connectivity index (χ4n) is 4.28. The molecule has 0 aliphatic carbocycles. The molecule has 2 saturated heterocycles. The second-order valence-electron chi connectivity index (χ2n) is 7.60. The first kappa shape index (κ1) is 17.7. The van der Waals surface area contributed by atoms with Crippen molar-refractivity contribution in [2.24, 2.45) is 7.05 Å². The molecule has 0 atom stereocenters. The first-order chi connectivity index (χ1) is 12.8. The van der Waals surface area contributed by atoms with Crippen molar-refractivity contribution in [2.75, 3.05) is 33.8 Å². The van der Waals surface area contributed by atoms with E-state index in [4.69, 9.17) is 9.47 Å². The lowest BCUT2D eigenvalue weighted by molar-refractivity contribution is 0.00321. The Balaban J connectivity index is 1.61. The minimum absolute atomic E-state index is 0.0267. The second-order valence-corrected chi connectivity index (χ2v) is 7.60. The number of hydrogen-bond donors (Lipinski definition) is 0. The van der Waals surface area contributed by atoms with E-state index in [-0.39, 0.29) is 12.0 Å². The Morgan fingerprint density at radius 2 is 1.93 bits per heavy atom. The number of aryl methyl sites for hydroxylation is 1. The summed E-state index contributed by atoms with van der Waals surface area (Å²) in [7, 11) is 5.35. The Morgan fingerprint density at radius 3 is 2.52 bits per heavy atom. The molecular weight excluding hydrogens is 346 g/mol. The summed E-state index contributed by atoms with van der Waals surface area (Å²) in [6.45, 7) is 3.73. The average Bonchev–Trinajstić information content (AvgIpc) is 3.08. The summed E-state index contributed by atoms with van der Waals surface area (Å²) in [4.78, 5) is 28.6. The van der Waals surface area contributed by atoms with Crippen LogP contribution in [0.2, 0.25) is 0 Å². The standard InChI is InChI=1S/C20H25N3O4/c1-13-17(15-11-14(26-4)5-6-16(15)22(13)3)18(24)23-9-7-20(8-10-23)12-21(2)19(25)27-20/h5-6,11H,7-10,12H2,1-4H3. The number of benzene rings is 1. The van der Waals surface area contributed by atoms with Gasteiger partial charge in [-0.1, -0.05) is 0 Å². The van der Waals surface area contributed by atoms with Crippen LogP contribution in [0.25, 0.3) is 10.9 Å². The molecule has 1 aromatic heterocycles. The summed E-state index contributed by atoms with van der Waals surface area (Å²) in [6, 6.07) is 5.82. The lowest BCUT2D eigenvalue weighted by atomic mass is 9.91. The van der Waals surface area contributed by atoms with Gasteiger partial charge in [-0.05, 0) is 25.1 Å². The Hall–Kier alpha value is -2.70. The van der Waals surface area contributed by atoms with Crippen LogP contribution < -0.4 is 4.74 Å². The zero-order valence-electron chi connectivity index (χ0n) is 16.2. The fourth-order valence-corrected chi connectivity index (χ4v) is 4.28. The van der Waals surface area contributed by atoms with Gasteiger partial charge < -0.3 is 23.8 Å². The number of rotatable bonds is 2. The highest BCUT2D eigenvalue weighted by molar-refractivity contribution is 6.08. The molecule has 144 valence electrons. The van der Waals surface area contributed by atoms with E-state index < -0.39 is 5.60 Å². The van der Waals surface area contributed by atoms with Crippen molar-refractivity contribution in [1.82, 2.24) is 14.4 Å². The molecule has 2 aromatic rings. The summed E-state index contributed by atoms with van der Waals surface area (Å²) < 4.78 is 13.0. The molecule has 0 unspecified atom stereocenters. The molecule has 0 radical (unpaired) electrons. The summed E-state index contributed by atoms with van der Waals surface area (Å²) >= 11 is 0. The number of hydrogen-bond acceptors (Lipinski definition) is 4. The van der Waals surface area contributed by atoms with Gasteiger partial charge in [0.1, 0.15) is 11.4 Å². The first-order valence-corrected chi connectivity index (χ1v) is 9.22. The van der Waals surface area contributed by atoms with E-state index in [1.165, 1.54) is 0 Å². The van der Waals surface area contributed by atoms with Crippen molar-refractivity contribution in [1.29, 1.82) is 0 Å². The second kappa shape index (κ2) is 6.18. The third-order valence-corrected chi connectivity index (χ3v) is 6.02. The smallest absolute Gasteiger partial charge is 0.410 e. The number of methoxy groups -OCH3 is 1. The summed E-state index contributed by atoms with van der Waals surface area (Å²) in [5, 5.41) is 0.909. The van der Waals surface area contributed by atoms with Crippen LogP contribution in [0.4, 0.5) is 4.79 Å². The Labute approximate surface area is 158 Å². The van der Waals surface area contributed by atoms with Gasteiger partial charge in [0.05, 0.1) is 19.2 Å². The molecule has 2 amide bonds. The minimum Gasteiger partial charge on any atom is -0.497 e. The maximum Gasteiger partial charge on any atom is 0.410 e. The predicted octanol–water partition coefficient (Wildman–Crippen LogP) is 2.55. The van der Waals surface area contributed by atoms with Crippen molar-refractivity contribution in [3.05, 3.63) is 29.5 Å². The molecule has 7 heteroatoms. The number of aromatic nitrogens is 1. The van der Waals surface area contributed by atoms with Crippen molar-refractivity contribution >= 4 is 22.9 Å². The first-order valence-electron chi connectivity index (χ1n) is 9.22. The number of carbonyl (C=O) groups is 2. The highest BCUT2D eigenvalue weighted by Gasteiger charge is 2.46. The van der Waals surface area contributed by atoms with Crippen LogP contribution in [0, 0.1) is 6.92 Å².